The molecule has 8 nitrogen and oxygen atoms in total. The second kappa shape index (κ2) is 9.18. The Hall–Kier alpha value is -3.39. The molecule has 2 aromatic heterocycles. The number of carbonyl (C=O) groups is 1. The minimum absolute atomic E-state index is 0.130. The number of urea groups is 1. The fraction of sp³-hybridized carbons (Fsp3) is 0.273. The van der Waals surface area contributed by atoms with Gasteiger partial charge in [-0.05, 0) is 49.2 Å². The molecule has 0 aliphatic carbocycles. The first kappa shape index (κ1) is 20.9. The van der Waals surface area contributed by atoms with E-state index in [0.29, 0.717) is 42.7 Å². The van der Waals surface area contributed by atoms with Gasteiger partial charge >= 0.3 is 6.03 Å². The number of rotatable bonds is 4. The monoisotopic (exact) mass is 437 g/mol. The highest BCUT2D eigenvalue weighted by Gasteiger charge is 2.22. The van der Waals surface area contributed by atoms with Crippen molar-refractivity contribution >= 4 is 40.8 Å². The summed E-state index contributed by atoms with van der Waals surface area (Å²) in [5.41, 5.74) is 2.79. The van der Waals surface area contributed by atoms with Gasteiger partial charge in [0.05, 0.1) is 0 Å². The summed E-state index contributed by atoms with van der Waals surface area (Å²) in [6.07, 6.45) is 3.29. The summed E-state index contributed by atoms with van der Waals surface area (Å²) in [5.74, 6) is 2.23. The van der Waals surface area contributed by atoms with Crippen LogP contribution in [0.1, 0.15) is 11.1 Å². The molecule has 0 unspecified atom stereocenters. The van der Waals surface area contributed by atoms with Gasteiger partial charge in [-0.25, -0.2) is 19.7 Å². The predicted molar refractivity (Wildman–Crippen MR) is 123 cm³/mol. The number of benzene rings is 1. The largest absolute Gasteiger partial charge is 0.353 e. The Kier molecular flexibility index (Phi) is 6.18. The average Bonchev–Trinajstić information content (AvgIpc) is 2.77. The molecule has 0 spiro atoms. The van der Waals surface area contributed by atoms with Crippen molar-refractivity contribution < 1.29 is 4.79 Å². The number of halogens is 1. The summed E-state index contributed by atoms with van der Waals surface area (Å²) < 4.78 is 0. The quantitative estimate of drug-likeness (QED) is 0.634. The number of nitrogens with one attached hydrogen (secondary N) is 2. The second-order valence-corrected chi connectivity index (χ2v) is 7.88. The molecule has 160 valence electrons. The van der Waals surface area contributed by atoms with Crippen molar-refractivity contribution in [2.45, 2.75) is 13.8 Å². The Labute approximate surface area is 186 Å². The Balaban J connectivity index is 1.35. The van der Waals surface area contributed by atoms with Crippen LogP contribution >= 0.6 is 11.6 Å². The molecule has 0 bridgehead atoms. The molecule has 2 amide bonds. The van der Waals surface area contributed by atoms with Crippen molar-refractivity contribution in [1.82, 2.24) is 19.9 Å². The highest BCUT2D eigenvalue weighted by molar-refractivity contribution is 6.31. The van der Waals surface area contributed by atoms with Crippen LogP contribution in [0.3, 0.4) is 0 Å². The Morgan fingerprint density at radius 2 is 1.74 bits per heavy atom. The summed E-state index contributed by atoms with van der Waals surface area (Å²) in [6, 6.07) is 11.2. The first-order chi connectivity index (χ1) is 15.0. The Bertz CT molecular complexity index is 1080. The number of hydrogen-bond donors (Lipinski definition) is 2. The molecule has 1 fully saturated rings. The van der Waals surface area contributed by atoms with Crippen molar-refractivity contribution in [1.29, 1.82) is 0 Å². The van der Waals surface area contributed by atoms with Crippen molar-refractivity contribution in [2.24, 2.45) is 0 Å². The van der Waals surface area contributed by atoms with Gasteiger partial charge in [0.15, 0.2) is 0 Å². The van der Waals surface area contributed by atoms with E-state index in [2.05, 4.69) is 30.5 Å². The molecule has 2 N–H and O–H groups in total. The molecule has 1 saturated heterocycles. The Morgan fingerprint density at radius 1 is 0.968 bits per heavy atom. The molecular formula is C22H24ClN7O. The summed E-state index contributed by atoms with van der Waals surface area (Å²) in [6.45, 7) is 6.50. The average molecular weight is 438 g/mol. The number of aromatic nitrogens is 3. The minimum Gasteiger partial charge on any atom is -0.353 e. The van der Waals surface area contributed by atoms with E-state index in [1.54, 1.807) is 17.2 Å². The molecule has 0 radical (unpaired) electrons. The first-order valence-corrected chi connectivity index (χ1v) is 10.4. The first-order valence-electron chi connectivity index (χ1n) is 10.1. The van der Waals surface area contributed by atoms with Gasteiger partial charge in [0.2, 0.25) is 0 Å². The fourth-order valence-electron chi connectivity index (χ4n) is 3.34. The van der Waals surface area contributed by atoms with E-state index in [-0.39, 0.29) is 6.03 Å². The summed E-state index contributed by atoms with van der Waals surface area (Å²) in [4.78, 5) is 29.5. The summed E-state index contributed by atoms with van der Waals surface area (Å²) >= 11 is 6.15. The number of nitrogens with zero attached hydrogens (tertiary/aromatic N) is 5. The van der Waals surface area contributed by atoms with Crippen LogP contribution in [0.2, 0.25) is 5.02 Å². The van der Waals surface area contributed by atoms with E-state index in [1.807, 2.05) is 44.2 Å². The zero-order chi connectivity index (χ0) is 21.8. The molecule has 0 saturated carbocycles. The molecule has 1 aliphatic rings. The van der Waals surface area contributed by atoms with Crippen LogP contribution in [0.5, 0.6) is 0 Å². The van der Waals surface area contributed by atoms with E-state index in [0.717, 1.165) is 22.8 Å². The van der Waals surface area contributed by atoms with Crippen molar-refractivity contribution in [3.63, 3.8) is 0 Å². The predicted octanol–water partition coefficient (Wildman–Crippen LogP) is 4.24. The van der Waals surface area contributed by atoms with E-state index in [4.69, 9.17) is 11.6 Å². The number of amides is 2. The zero-order valence-electron chi connectivity index (χ0n) is 17.5. The highest BCUT2D eigenvalue weighted by Crippen LogP contribution is 2.22. The molecule has 3 aromatic rings. The number of hydrogen-bond acceptors (Lipinski definition) is 6. The van der Waals surface area contributed by atoms with Crippen molar-refractivity contribution in [3.05, 3.63) is 65.1 Å². The lowest BCUT2D eigenvalue weighted by molar-refractivity contribution is 0.208. The van der Waals surface area contributed by atoms with Crippen molar-refractivity contribution in [3.8, 4) is 0 Å². The topological polar surface area (TPSA) is 86.3 Å². The van der Waals surface area contributed by atoms with Gasteiger partial charge in [-0.15, -0.1) is 0 Å². The smallest absolute Gasteiger partial charge is 0.321 e. The van der Waals surface area contributed by atoms with Gasteiger partial charge in [-0.3, -0.25) is 0 Å². The molecule has 1 aliphatic heterocycles. The van der Waals surface area contributed by atoms with Crippen LogP contribution in [0.25, 0.3) is 0 Å². The molecule has 0 atom stereocenters. The van der Waals surface area contributed by atoms with Crippen molar-refractivity contribution in [2.75, 3.05) is 41.7 Å². The molecular weight excluding hydrogens is 414 g/mol. The lowest BCUT2D eigenvalue weighted by Gasteiger charge is -2.35. The maximum atomic E-state index is 12.6. The molecule has 31 heavy (non-hydrogen) atoms. The van der Waals surface area contributed by atoms with Gasteiger partial charge in [0, 0.05) is 49.2 Å². The second-order valence-electron chi connectivity index (χ2n) is 7.47. The van der Waals surface area contributed by atoms with E-state index < -0.39 is 0 Å². The molecule has 9 heteroatoms. The number of aryl methyl sites for hydroxylation is 2. The highest BCUT2D eigenvalue weighted by atomic mass is 35.5. The maximum Gasteiger partial charge on any atom is 0.321 e. The van der Waals surface area contributed by atoms with Crippen LogP contribution in [0, 0.1) is 13.8 Å². The van der Waals surface area contributed by atoms with Gasteiger partial charge in [0.1, 0.15) is 23.8 Å². The number of carbonyl (C=O) groups excluding carboxylic acids is 1. The normalized spacial score (nSPS) is 13.8. The van der Waals surface area contributed by atoms with Gasteiger partial charge in [0.25, 0.3) is 0 Å². The Morgan fingerprint density at radius 3 is 2.48 bits per heavy atom. The lowest BCUT2D eigenvalue weighted by atomic mass is 10.2. The molecule has 1 aromatic carbocycles. The SMILES string of the molecule is Cc1ccnc(Nc2cc(N3CCN(C(=O)Nc4ccc(C)c(Cl)c4)CC3)ncn2)c1. The van der Waals surface area contributed by atoms with Crippen LogP contribution in [-0.2, 0) is 0 Å². The van der Waals surface area contributed by atoms with Gasteiger partial charge < -0.3 is 20.4 Å². The number of pyridine rings is 1. The maximum absolute atomic E-state index is 12.6. The number of anilines is 4. The van der Waals surface area contributed by atoms with E-state index in [9.17, 15) is 4.79 Å². The summed E-state index contributed by atoms with van der Waals surface area (Å²) in [7, 11) is 0. The third kappa shape index (κ3) is 5.21. The van der Waals surface area contributed by atoms with Crippen LogP contribution in [0.4, 0.5) is 27.9 Å². The standard InChI is InChI=1S/C22H24ClN7O/c1-15-5-6-24-19(11-15)28-20-13-21(26-14-25-20)29-7-9-30(10-8-29)22(31)27-17-4-3-16(2)18(23)12-17/h3-6,11-14H,7-10H2,1-2H3,(H,27,31)(H,24,25,26,28). The van der Waals surface area contributed by atoms with Gasteiger partial charge in [-0.2, -0.15) is 0 Å². The van der Waals surface area contributed by atoms with E-state index >= 15 is 0 Å². The third-order valence-electron chi connectivity index (χ3n) is 5.14. The lowest BCUT2D eigenvalue weighted by Crippen LogP contribution is -2.50. The molecule has 4 rings (SSSR count). The van der Waals surface area contributed by atoms with Gasteiger partial charge in [-0.1, -0.05) is 17.7 Å². The zero-order valence-corrected chi connectivity index (χ0v) is 18.2. The summed E-state index contributed by atoms with van der Waals surface area (Å²) in [5, 5.41) is 6.77. The third-order valence-corrected chi connectivity index (χ3v) is 5.55. The van der Waals surface area contributed by atoms with Crippen LogP contribution < -0.4 is 15.5 Å². The van der Waals surface area contributed by atoms with Crippen LogP contribution in [0.15, 0.2) is 48.9 Å². The van der Waals surface area contributed by atoms with E-state index in [1.165, 1.54) is 6.33 Å². The minimum atomic E-state index is -0.130. The van der Waals surface area contributed by atoms with Crippen LogP contribution in [-0.4, -0.2) is 52.1 Å². The molecule has 3 heterocycles. The number of piperazine rings is 1. The fourth-order valence-corrected chi connectivity index (χ4v) is 3.52.